The molecular formula is C16H21NO3. The van der Waals surface area contributed by atoms with Crippen LogP contribution < -0.4 is 0 Å². The predicted octanol–water partition coefficient (Wildman–Crippen LogP) is 3.78. The van der Waals surface area contributed by atoms with Gasteiger partial charge in [0.2, 0.25) is 5.89 Å². The van der Waals surface area contributed by atoms with E-state index in [4.69, 9.17) is 4.42 Å². The zero-order valence-corrected chi connectivity index (χ0v) is 12.0. The van der Waals surface area contributed by atoms with E-state index in [0.717, 1.165) is 19.3 Å². The molecule has 2 unspecified atom stereocenters. The maximum Gasteiger partial charge on any atom is 0.224 e. The Hall–Kier alpha value is -1.55. The lowest BCUT2D eigenvalue weighted by Gasteiger charge is -2.40. The summed E-state index contributed by atoms with van der Waals surface area (Å²) in [6.45, 7) is 4.41. The molecule has 0 saturated heterocycles. The summed E-state index contributed by atoms with van der Waals surface area (Å²) in [4.78, 5) is 4.34. The summed E-state index contributed by atoms with van der Waals surface area (Å²) in [5.74, 6) is 0.688. The number of phenols is 1. The number of nitrogens with zero attached hydrogens (tertiary/aromatic N) is 1. The van der Waals surface area contributed by atoms with Crippen molar-refractivity contribution in [3.8, 4) is 5.75 Å². The van der Waals surface area contributed by atoms with Crippen LogP contribution in [0.25, 0.3) is 11.1 Å². The van der Waals surface area contributed by atoms with Gasteiger partial charge in [0.15, 0.2) is 5.58 Å². The molecule has 0 amide bonds. The molecule has 1 heterocycles. The summed E-state index contributed by atoms with van der Waals surface area (Å²) in [6.07, 6.45) is 3.80. The average molecular weight is 275 g/mol. The van der Waals surface area contributed by atoms with Crippen LogP contribution in [0.1, 0.15) is 51.5 Å². The number of phenolic OH excluding ortho intramolecular Hbond substituents is 1. The summed E-state index contributed by atoms with van der Waals surface area (Å²) in [7, 11) is 0. The van der Waals surface area contributed by atoms with Gasteiger partial charge >= 0.3 is 0 Å². The van der Waals surface area contributed by atoms with E-state index in [-0.39, 0.29) is 17.1 Å². The van der Waals surface area contributed by atoms with Gasteiger partial charge in [0.05, 0.1) is 0 Å². The van der Waals surface area contributed by atoms with Crippen molar-refractivity contribution in [3.63, 3.8) is 0 Å². The number of fused-ring (bicyclic) bond motifs is 1. The van der Waals surface area contributed by atoms with E-state index in [1.165, 1.54) is 6.42 Å². The first-order valence-corrected chi connectivity index (χ1v) is 7.25. The average Bonchev–Trinajstić information content (AvgIpc) is 2.80. The minimum Gasteiger partial charge on any atom is -0.508 e. The van der Waals surface area contributed by atoms with Crippen LogP contribution in [0.15, 0.2) is 22.6 Å². The van der Waals surface area contributed by atoms with Crippen LogP contribution in [-0.2, 0) is 0 Å². The summed E-state index contributed by atoms with van der Waals surface area (Å²) < 4.78 is 5.66. The zero-order valence-electron chi connectivity index (χ0n) is 12.0. The number of aromatic nitrogens is 1. The quantitative estimate of drug-likeness (QED) is 0.875. The molecule has 0 aliphatic heterocycles. The molecule has 0 bridgehead atoms. The van der Waals surface area contributed by atoms with Crippen molar-refractivity contribution < 1.29 is 14.6 Å². The van der Waals surface area contributed by atoms with Gasteiger partial charge in [0.25, 0.3) is 0 Å². The smallest absolute Gasteiger partial charge is 0.224 e. The van der Waals surface area contributed by atoms with E-state index in [1.54, 1.807) is 18.2 Å². The fourth-order valence-electron chi connectivity index (χ4n) is 3.34. The van der Waals surface area contributed by atoms with E-state index in [0.29, 0.717) is 17.0 Å². The van der Waals surface area contributed by atoms with Gasteiger partial charge in [-0.1, -0.05) is 26.7 Å². The van der Waals surface area contributed by atoms with Gasteiger partial charge in [-0.25, -0.2) is 4.98 Å². The van der Waals surface area contributed by atoms with E-state index in [1.807, 2.05) is 0 Å². The Kier molecular flexibility index (Phi) is 3.21. The molecule has 4 nitrogen and oxygen atoms in total. The highest BCUT2D eigenvalue weighted by Crippen LogP contribution is 2.46. The van der Waals surface area contributed by atoms with Crippen LogP contribution in [0.2, 0.25) is 0 Å². The highest BCUT2D eigenvalue weighted by molar-refractivity contribution is 5.74. The largest absolute Gasteiger partial charge is 0.508 e. The van der Waals surface area contributed by atoms with Crippen molar-refractivity contribution in [2.45, 2.75) is 45.6 Å². The summed E-state index contributed by atoms with van der Waals surface area (Å²) in [5.41, 5.74) is 1.29. The Morgan fingerprint density at radius 2 is 2.15 bits per heavy atom. The molecular weight excluding hydrogens is 254 g/mol. The van der Waals surface area contributed by atoms with Gasteiger partial charge in [-0.05, 0) is 36.3 Å². The minimum absolute atomic E-state index is 0.0977. The van der Waals surface area contributed by atoms with Crippen LogP contribution in [0.5, 0.6) is 5.75 Å². The molecule has 2 atom stereocenters. The normalized spacial score (nSPS) is 23.9. The number of oxazole rings is 1. The molecule has 1 saturated carbocycles. The number of hydrogen-bond acceptors (Lipinski definition) is 4. The summed E-state index contributed by atoms with van der Waals surface area (Å²) >= 11 is 0. The predicted molar refractivity (Wildman–Crippen MR) is 76.4 cm³/mol. The lowest BCUT2D eigenvalue weighted by molar-refractivity contribution is -0.0102. The first-order valence-electron chi connectivity index (χ1n) is 7.25. The third-order valence-electron chi connectivity index (χ3n) is 4.61. The molecule has 1 aromatic carbocycles. The highest BCUT2D eigenvalue weighted by Gasteiger charge is 2.39. The first kappa shape index (κ1) is 13.4. The summed E-state index contributed by atoms with van der Waals surface area (Å²) in [6, 6.07) is 4.80. The Morgan fingerprint density at radius 3 is 2.90 bits per heavy atom. The Bertz CT molecular complexity index is 617. The molecule has 1 aliphatic carbocycles. The molecule has 2 aromatic rings. The zero-order chi connectivity index (χ0) is 14.3. The van der Waals surface area contributed by atoms with E-state index in [9.17, 15) is 10.2 Å². The number of aromatic hydroxyl groups is 1. The third-order valence-corrected chi connectivity index (χ3v) is 4.61. The van der Waals surface area contributed by atoms with Gasteiger partial charge in [-0.15, -0.1) is 0 Å². The monoisotopic (exact) mass is 275 g/mol. The molecule has 1 aromatic heterocycles. The molecule has 0 radical (unpaired) electrons. The lowest BCUT2D eigenvalue weighted by atomic mass is 9.66. The first-order chi connectivity index (χ1) is 9.47. The molecule has 4 heteroatoms. The van der Waals surface area contributed by atoms with E-state index >= 15 is 0 Å². The molecule has 108 valence electrons. The molecule has 3 rings (SSSR count). The van der Waals surface area contributed by atoms with Crippen molar-refractivity contribution in [1.82, 2.24) is 4.98 Å². The van der Waals surface area contributed by atoms with E-state index in [2.05, 4.69) is 18.8 Å². The van der Waals surface area contributed by atoms with Gasteiger partial charge in [-0.2, -0.15) is 0 Å². The maximum atomic E-state index is 10.6. The Labute approximate surface area is 118 Å². The number of benzene rings is 1. The second-order valence-corrected chi connectivity index (χ2v) is 6.49. The second kappa shape index (κ2) is 4.77. The highest BCUT2D eigenvalue weighted by atomic mass is 16.4. The third kappa shape index (κ3) is 2.29. The molecule has 0 spiro atoms. The van der Waals surface area contributed by atoms with Crippen molar-refractivity contribution in [2.75, 3.05) is 0 Å². The van der Waals surface area contributed by atoms with Crippen LogP contribution in [0, 0.1) is 11.3 Å². The SMILES string of the molecule is CC1(C)CCCCC1C(O)c1nc2cc(O)ccc2o1. The number of rotatable bonds is 2. The number of hydrogen-bond donors (Lipinski definition) is 2. The van der Waals surface area contributed by atoms with Gasteiger partial charge in [0.1, 0.15) is 17.4 Å². The fraction of sp³-hybridized carbons (Fsp3) is 0.562. The van der Waals surface area contributed by atoms with Crippen molar-refractivity contribution in [3.05, 3.63) is 24.1 Å². The lowest BCUT2D eigenvalue weighted by Crippen LogP contribution is -2.32. The van der Waals surface area contributed by atoms with Crippen molar-refractivity contribution in [1.29, 1.82) is 0 Å². The van der Waals surface area contributed by atoms with Crippen LogP contribution >= 0.6 is 0 Å². The van der Waals surface area contributed by atoms with Crippen LogP contribution in [0.4, 0.5) is 0 Å². The molecule has 20 heavy (non-hydrogen) atoms. The topological polar surface area (TPSA) is 66.5 Å². The van der Waals surface area contributed by atoms with Gasteiger partial charge in [-0.3, -0.25) is 0 Å². The summed E-state index contributed by atoms with van der Waals surface area (Å²) in [5, 5.41) is 20.1. The number of aliphatic hydroxyl groups excluding tert-OH is 1. The minimum atomic E-state index is -0.681. The van der Waals surface area contributed by atoms with Crippen molar-refractivity contribution in [2.24, 2.45) is 11.3 Å². The second-order valence-electron chi connectivity index (χ2n) is 6.49. The van der Waals surface area contributed by atoms with Crippen LogP contribution in [-0.4, -0.2) is 15.2 Å². The van der Waals surface area contributed by atoms with E-state index < -0.39 is 6.10 Å². The van der Waals surface area contributed by atoms with Gasteiger partial charge < -0.3 is 14.6 Å². The standard InChI is InChI=1S/C16H21NO3/c1-16(2)8-4-3-5-11(16)14(19)15-17-12-9-10(18)6-7-13(12)20-15/h6-7,9,11,14,18-19H,3-5,8H2,1-2H3. The maximum absolute atomic E-state index is 10.6. The van der Waals surface area contributed by atoms with Crippen LogP contribution in [0.3, 0.4) is 0 Å². The Balaban J connectivity index is 1.93. The van der Waals surface area contributed by atoms with Crippen molar-refractivity contribution >= 4 is 11.1 Å². The molecule has 1 fully saturated rings. The molecule has 1 aliphatic rings. The molecule has 2 N–H and O–H groups in total. The Morgan fingerprint density at radius 1 is 1.35 bits per heavy atom. The number of aliphatic hydroxyl groups is 1. The fourth-order valence-corrected chi connectivity index (χ4v) is 3.34. The van der Waals surface area contributed by atoms with Gasteiger partial charge in [0, 0.05) is 6.07 Å².